The van der Waals surface area contributed by atoms with Crippen molar-refractivity contribution in [3.05, 3.63) is 66.5 Å². The molecule has 0 unspecified atom stereocenters. The molecule has 1 amide bonds. The Morgan fingerprint density at radius 2 is 1.66 bits per heavy atom. The number of carbonyl (C=O) groups excluding carboxylic acids is 1. The van der Waals surface area contributed by atoms with Gasteiger partial charge in [0.05, 0.1) is 25.0 Å². The van der Waals surface area contributed by atoms with Gasteiger partial charge in [0.2, 0.25) is 0 Å². The molecule has 0 radical (unpaired) electrons. The summed E-state index contributed by atoms with van der Waals surface area (Å²) in [5, 5.41) is 2.31. The summed E-state index contributed by atoms with van der Waals surface area (Å²) in [6, 6.07) is 8.77. The third-order valence-electron chi connectivity index (χ3n) is 4.41. The van der Waals surface area contributed by atoms with E-state index in [1.807, 2.05) is 33.8 Å². The molecule has 2 aromatic carbocycles. The van der Waals surface area contributed by atoms with Crippen LogP contribution in [0.1, 0.15) is 38.8 Å². The largest absolute Gasteiger partial charge is 0.486 e. The molecule has 4 nitrogen and oxygen atoms in total. The lowest BCUT2D eigenvalue weighted by molar-refractivity contribution is -0.123. The number of rotatable bonds is 6. The highest BCUT2D eigenvalue weighted by Gasteiger charge is 2.35. The topological polar surface area (TPSA) is 41.9 Å². The molecule has 0 atom stereocenters. The highest BCUT2D eigenvalue weighted by molar-refractivity contribution is 8.18. The van der Waals surface area contributed by atoms with Crippen LogP contribution in [0.2, 0.25) is 20.1 Å². The van der Waals surface area contributed by atoms with Crippen molar-refractivity contribution in [2.45, 2.75) is 46.4 Å². The predicted octanol–water partition coefficient (Wildman–Crippen LogP) is 7.97. The first-order valence-electron chi connectivity index (χ1n) is 9.93. The second-order valence-corrected chi connectivity index (χ2v) is 10.4. The van der Waals surface area contributed by atoms with Crippen LogP contribution in [0.5, 0.6) is 5.75 Å². The predicted molar refractivity (Wildman–Crippen MR) is 137 cm³/mol. The van der Waals surface area contributed by atoms with E-state index in [0.717, 1.165) is 5.56 Å². The minimum Gasteiger partial charge on any atom is -0.486 e. The molecule has 0 spiro atoms. The van der Waals surface area contributed by atoms with Gasteiger partial charge in [-0.25, -0.2) is 0 Å². The van der Waals surface area contributed by atoms with E-state index >= 15 is 0 Å². The third kappa shape index (κ3) is 5.95. The van der Waals surface area contributed by atoms with Gasteiger partial charge in [0, 0.05) is 12.1 Å². The number of carbonyl (C=O) groups is 1. The van der Waals surface area contributed by atoms with E-state index < -0.39 is 0 Å². The van der Waals surface area contributed by atoms with Gasteiger partial charge in [0.25, 0.3) is 5.91 Å². The monoisotopic (exact) mass is 530 g/mol. The molecule has 1 heterocycles. The molecule has 1 aliphatic heterocycles. The smallest absolute Gasteiger partial charge is 0.266 e. The van der Waals surface area contributed by atoms with Crippen molar-refractivity contribution in [2.24, 2.45) is 4.99 Å². The van der Waals surface area contributed by atoms with Gasteiger partial charge in [0.15, 0.2) is 10.9 Å². The van der Waals surface area contributed by atoms with Gasteiger partial charge in [-0.05, 0) is 80.9 Å². The zero-order valence-electron chi connectivity index (χ0n) is 18.0. The van der Waals surface area contributed by atoms with Crippen molar-refractivity contribution < 1.29 is 9.53 Å². The lowest BCUT2D eigenvalue weighted by atomic mass is 10.2. The second kappa shape index (κ2) is 10.7. The minimum atomic E-state index is -0.0865. The summed E-state index contributed by atoms with van der Waals surface area (Å²) < 4.78 is 5.82. The van der Waals surface area contributed by atoms with Gasteiger partial charge in [-0.1, -0.05) is 52.5 Å². The second-order valence-electron chi connectivity index (χ2n) is 7.74. The van der Waals surface area contributed by atoms with Crippen LogP contribution in [0.15, 0.2) is 40.2 Å². The summed E-state index contributed by atoms with van der Waals surface area (Å²) in [5.74, 6) is 0.273. The van der Waals surface area contributed by atoms with Gasteiger partial charge in [0.1, 0.15) is 6.61 Å². The Morgan fingerprint density at radius 1 is 1.00 bits per heavy atom. The van der Waals surface area contributed by atoms with E-state index in [4.69, 9.17) is 51.1 Å². The van der Waals surface area contributed by atoms with Crippen LogP contribution in [-0.4, -0.2) is 28.1 Å². The molecule has 2 aromatic rings. The molecular weight excluding hydrogens is 510 g/mol. The number of benzene rings is 2. The fraction of sp³-hybridized carbons (Fsp3) is 0.304. The SMILES string of the molecule is CC(C)N=C1S/C(=C/c2cc(Cl)c(OCc3ccc(Cl)c(Cl)c3)c(Cl)c2)C(=O)N1C(C)C. The fourth-order valence-electron chi connectivity index (χ4n) is 2.99. The van der Waals surface area contributed by atoms with E-state index in [2.05, 4.69) is 4.99 Å². The number of hydrogen-bond acceptors (Lipinski definition) is 4. The van der Waals surface area contributed by atoms with E-state index in [1.165, 1.54) is 11.8 Å². The van der Waals surface area contributed by atoms with Crippen molar-refractivity contribution in [2.75, 3.05) is 0 Å². The molecule has 0 saturated carbocycles. The molecule has 1 saturated heterocycles. The van der Waals surface area contributed by atoms with Crippen LogP contribution in [0.25, 0.3) is 6.08 Å². The Morgan fingerprint density at radius 3 is 2.22 bits per heavy atom. The first-order valence-corrected chi connectivity index (χ1v) is 12.3. The zero-order valence-corrected chi connectivity index (χ0v) is 21.8. The van der Waals surface area contributed by atoms with Crippen molar-refractivity contribution in [1.29, 1.82) is 0 Å². The molecule has 0 bridgehead atoms. The van der Waals surface area contributed by atoms with Crippen LogP contribution in [0.4, 0.5) is 0 Å². The summed E-state index contributed by atoms with van der Waals surface area (Å²) in [4.78, 5) is 19.8. The molecule has 0 N–H and O–H groups in total. The number of thioether (sulfide) groups is 1. The lowest BCUT2D eigenvalue weighted by Gasteiger charge is -2.20. The number of hydrogen-bond donors (Lipinski definition) is 0. The van der Waals surface area contributed by atoms with E-state index in [0.29, 0.717) is 41.5 Å². The van der Waals surface area contributed by atoms with Crippen LogP contribution in [0, 0.1) is 0 Å². The highest BCUT2D eigenvalue weighted by Crippen LogP contribution is 2.38. The van der Waals surface area contributed by atoms with Crippen LogP contribution in [0.3, 0.4) is 0 Å². The molecule has 0 aliphatic carbocycles. The number of aliphatic imine (C=N–C) groups is 1. The minimum absolute atomic E-state index is 0.00252. The summed E-state index contributed by atoms with van der Waals surface area (Å²) in [6.07, 6.45) is 1.77. The molecule has 170 valence electrons. The summed E-state index contributed by atoms with van der Waals surface area (Å²) >= 11 is 26.2. The number of ether oxygens (including phenoxy) is 1. The Hall–Kier alpha value is -1.37. The Bertz CT molecular complexity index is 1080. The zero-order chi connectivity index (χ0) is 23.6. The maximum Gasteiger partial charge on any atom is 0.266 e. The number of halogens is 4. The molecule has 32 heavy (non-hydrogen) atoms. The quantitative estimate of drug-likeness (QED) is 0.355. The maximum atomic E-state index is 12.9. The standard InChI is InChI=1S/C23H22Cl4N2O2S/c1-12(2)28-23-29(13(3)4)22(30)20(32-23)10-15-8-18(26)21(19(27)9-15)31-11-14-5-6-16(24)17(25)7-14/h5-10,12-13H,11H2,1-4H3/b20-10+,28-23?. The fourth-order valence-corrected chi connectivity index (χ4v) is 5.16. The van der Waals surface area contributed by atoms with Crippen LogP contribution < -0.4 is 4.74 Å². The first kappa shape index (κ1) is 25.3. The third-order valence-corrected chi connectivity index (χ3v) is 6.71. The average Bonchev–Trinajstić information content (AvgIpc) is 2.98. The van der Waals surface area contributed by atoms with Gasteiger partial charge in [-0.3, -0.25) is 14.7 Å². The summed E-state index contributed by atoms with van der Waals surface area (Å²) in [5.41, 5.74) is 1.53. The van der Waals surface area contributed by atoms with Crippen molar-refractivity contribution in [3.63, 3.8) is 0 Å². The van der Waals surface area contributed by atoms with E-state index in [1.54, 1.807) is 35.2 Å². The first-order chi connectivity index (χ1) is 15.1. The van der Waals surface area contributed by atoms with E-state index in [9.17, 15) is 4.79 Å². The lowest BCUT2D eigenvalue weighted by Crippen LogP contribution is -2.35. The average molecular weight is 532 g/mol. The van der Waals surface area contributed by atoms with Crippen molar-refractivity contribution in [1.82, 2.24) is 4.90 Å². The molecular formula is C23H22Cl4N2O2S. The number of amidine groups is 1. The Labute approximate surface area is 212 Å². The van der Waals surface area contributed by atoms with Crippen LogP contribution >= 0.6 is 58.2 Å². The van der Waals surface area contributed by atoms with Crippen molar-refractivity contribution in [3.8, 4) is 5.75 Å². The molecule has 1 fully saturated rings. The van der Waals surface area contributed by atoms with Gasteiger partial charge in [-0.2, -0.15) is 0 Å². The highest BCUT2D eigenvalue weighted by atomic mass is 35.5. The summed E-state index contributed by atoms with van der Waals surface area (Å²) in [7, 11) is 0. The van der Waals surface area contributed by atoms with Gasteiger partial charge in [-0.15, -0.1) is 0 Å². The van der Waals surface area contributed by atoms with Gasteiger partial charge >= 0.3 is 0 Å². The Balaban J connectivity index is 1.83. The molecule has 9 heteroatoms. The maximum absolute atomic E-state index is 12.9. The summed E-state index contributed by atoms with van der Waals surface area (Å²) in [6.45, 7) is 8.11. The number of amides is 1. The normalized spacial score (nSPS) is 16.8. The molecule has 0 aromatic heterocycles. The Kier molecular flexibility index (Phi) is 8.45. The molecule has 1 aliphatic rings. The van der Waals surface area contributed by atoms with Gasteiger partial charge < -0.3 is 4.74 Å². The molecule has 3 rings (SSSR count). The van der Waals surface area contributed by atoms with Crippen LogP contribution in [-0.2, 0) is 11.4 Å². The van der Waals surface area contributed by atoms with E-state index in [-0.39, 0.29) is 24.6 Å². The van der Waals surface area contributed by atoms with Crippen molar-refractivity contribution >= 4 is 75.3 Å². The number of nitrogens with zero attached hydrogens (tertiary/aromatic N) is 2.